The number of sulfonamides is 1. The van der Waals surface area contributed by atoms with Crippen LogP contribution in [0.5, 0.6) is 5.75 Å². The number of amides is 1. The summed E-state index contributed by atoms with van der Waals surface area (Å²) in [6, 6.07) is 14.2. The molecule has 1 fully saturated rings. The largest absolute Gasteiger partial charge is 0.495 e. The van der Waals surface area contributed by atoms with E-state index in [0.29, 0.717) is 17.1 Å². The van der Waals surface area contributed by atoms with Gasteiger partial charge in [-0.05, 0) is 31.0 Å². The number of ether oxygens (including phenoxy) is 1. The van der Waals surface area contributed by atoms with E-state index in [-0.39, 0.29) is 22.5 Å². The van der Waals surface area contributed by atoms with Gasteiger partial charge in [-0.3, -0.25) is 14.2 Å². The zero-order valence-electron chi connectivity index (χ0n) is 18.0. The highest BCUT2D eigenvalue weighted by Crippen LogP contribution is 2.35. The van der Waals surface area contributed by atoms with E-state index in [1.165, 1.54) is 20.1 Å². The number of methoxy groups -OCH3 is 1. The molecular formula is C23H26N4O4S. The van der Waals surface area contributed by atoms with Crippen LogP contribution in [0.3, 0.4) is 0 Å². The first kappa shape index (κ1) is 21.9. The monoisotopic (exact) mass is 454 g/mol. The molecule has 1 heterocycles. The zero-order chi connectivity index (χ0) is 22.7. The third-order valence-electron chi connectivity index (χ3n) is 5.50. The van der Waals surface area contributed by atoms with Crippen LogP contribution in [0.2, 0.25) is 0 Å². The molecule has 1 saturated carbocycles. The van der Waals surface area contributed by atoms with E-state index in [2.05, 4.69) is 15.1 Å². The van der Waals surface area contributed by atoms with Crippen molar-refractivity contribution in [3.05, 3.63) is 54.7 Å². The highest BCUT2D eigenvalue weighted by molar-refractivity contribution is 7.92. The molecule has 4 rings (SSSR count). The Morgan fingerprint density at radius 2 is 1.84 bits per heavy atom. The number of hydrogen-bond donors (Lipinski definition) is 2. The van der Waals surface area contributed by atoms with Crippen molar-refractivity contribution in [3.63, 3.8) is 0 Å². The summed E-state index contributed by atoms with van der Waals surface area (Å²) >= 11 is 0. The molecule has 8 nitrogen and oxygen atoms in total. The molecule has 3 aromatic rings. The molecule has 0 aliphatic heterocycles. The first-order chi connectivity index (χ1) is 15.4. The van der Waals surface area contributed by atoms with Gasteiger partial charge in [0, 0.05) is 24.4 Å². The number of carbonyl (C=O) groups excluding carboxylic acids is 1. The zero-order valence-corrected chi connectivity index (χ0v) is 18.9. The maximum atomic E-state index is 13.5. The minimum Gasteiger partial charge on any atom is -0.495 e. The first-order valence-corrected chi connectivity index (χ1v) is 12.0. The number of rotatable bonds is 7. The molecule has 2 aromatic carbocycles. The van der Waals surface area contributed by atoms with Gasteiger partial charge in [-0.1, -0.05) is 43.2 Å². The number of aromatic nitrogens is 2. The average Bonchev–Trinajstić information content (AvgIpc) is 3.44. The van der Waals surface area contributed by atoms with Gasteiger partial charge >= 0.3 is 0 Å². The van der Waals surface area contributed by atoms with E-state index in [9.17, 15) is 13.2 Å². The van der Waals surface area contributed by atoms with E-state index in [1.54, 1.807) is 23.0 Å². The molecule has 0 spiro atoms. The van der Waals surface area contributed by atoms with Crippen LogP contribution in [0.1, 0.15) is 38.6 Å². The molecule has 0 bridgehead atoms. The fourth-order valence-electron chi connectivity index (χ4n) is 3.99. The lowest BCUT2D eigenvalue weighted by Gasteiger charge is -2.13. The van der Waals surface area contributed by atoms with E-state index >= 15 is 0 Å². The van der Waals surface area contributed by atoms with Crippen LogP contribution in [-0.2, 0) is 14.8 Å². The number of benzene rings is 2. The Morgan fingerprint density at radius 3 is 2.50 bits per heavy atom. The van der Waals surface area contributed by atoms with Crippen molar-refractivity contribution in [1.29, 1.82) is 0 Å². The molecule has 32 heavy (non-hydrogen) atoms. The Bertz CT molecular complexity index is 1220. The summed E-state index contributed by atoms with van der Waals surface area (Å²) in [7, 11) is -2.55. The molecule has 0 atom stereocenters. The van der Waals surface area contributed by atoms with Crippen molar-refractivity contribution < 1.29 is 17.9 Å². The van der Waals surface area contributed by atoms with Gasteiger partial charge in [0.15, 0.2) is 0 Å². The van der Waals surface area contributed by atoms with Crippen LogP contribution in [0.25, 0.3) is 11.3 Å². The van der Waals surface area contributed by atoms with Crippen molar-refractivity contribution >= 4 is 27.3 Å². The Hall–Kier alpha value is -3.33. The van der Waals surface area contributed by atoms with Crippen LogP contribution in [0, 0.1) is 0 Å². The summed E-state index contributed by atoms with van der Waals surface area (Å²) < 4.78 is 36.8. The third kappa shape index (κ3) is 4.62. The first-order valence-electron chi connectivity index (χ1n) is 10.5. The Kier molecular flexibility index (Phi) is 6.18. The Morgan fingerprint density at radius 1 is 1.12 bits per heavy atom. The van der Waals surface area contributed by atoms with E-state index in [0.717, 1.165) is 31.2 Å². The second-order valence-electron chi connectivity index (χ2n) is 7.83. The van der Waals surface area contributed by atoms with Crippen LogP contribution in [-0.4, -0.2) is 31.2 Å². The van der Waals surface area contributed by atoms with Crippen LogP contribution in [0.4, 0.5) is 11.4 Å². The standard InChI is InChI=1S/C23H26N4O4S/c1-16(28)24-18-12-13-21(31-2)20(14-18)26-32(29,30)22-15-27(19-10-6-7-11-19)25-23(22)17-8-4-3-5-9-17/h3-5,8-9,12-15,19,26H,6-7,10-11H2,1-2H3,(H,24,28). The average molecular weight is 455 g/mol. The summed E-state index contributed by atoms with van der Waals surface area (Å²) in [5, 5.41) is 7.33. The molecule has 1 aliphatic carbocycles. The van der Waals surface area contributed by atoms with Gasteiger partial charge < -0.3 is 10.1 Å². The summed E-state index contributed by atoms with van der Waals surface area (Å²) in [6.45, 7) is 1.39. The predicted octanol–water partition coefficient (Wildman–Crippen LogP) is 4.43. The minimum absolute atomic E-state index is 0.0996. The number of hydrogen-bond acceptors (Lipinski definition) is 5. The van der Waals surface area contributed by atoms with E-state index < -0.39 is 10.0 Å². The van der Waals surface area contributed by atoms with Crippen molar-refractivity contribution in [1.82, 2.24) is 9.78 Å². The summed E-state index contributed by atoms with van der Waals surface area (Å²) in [5.74, 6) is 0.0836. The second kappa shape index (κ2) is 9.04. The highest BCUT2D eigenvalue weighted by atomic mass is 32.2. The van der Waals surface area contributed by atoms with Crippen LogP contribution >= 0.6 is 0 Å². The van der Waals surface area contributed by atoms with Gasteiger partial charge in [0.05, 0.1) is 18.8 Å². The molecule has 168 valence electrons. The molecule has 2 N–H and O–H groups in total. The molecular weight excluding hydrogens is 428 g/mol. The van der Waals surface area contributed by atoms with Gasteiger partial charge in [-0.25, -0.2) is 8.42 Å². The van der Waals surface area contributed by atoms with Crippen LogP contribution < -0.4 is 14.8 Å². The summed E-state index contributed by atoms with van der Waals surface area (Å²) in [5.41, 5.74) is 1.82. The molecule has 0 unspecified atom stereocenters. The van der Waals surface area contributed by atoms with Crippen LogP contribution in [0.15, 0.2) is 59.6 Å². The summed E-state index contributed by atoms with van der Waals surface area (Å²) in [6.07, 6.45) is 5.80. The van der Waals surface area contributed by atoms with Gasteiger partial charge in [-0.2, -0.15) is 5.10 Å². The van der Waals surface area contributed by atoms with Gasteiger partial charge in [0.2, 0.25) is 5.91 Å². The lowest BCUT2D eigenvalue weighted by atomic mass is 10.2. The quantitative estimate of drug-likeness (QED) is 0.550. The lowest BCUT2D eigenvalue weighted by molar-refractivity contribution is -0.114. The molecule has 0 saturated heterocycles. The minimum atomic E-state index is -4.00. The number of nitrogens with one attached hydrogen (secondary N) is 2. The molecule has 1 amide bonds. The number of carbonyl (C=O) groups is 1. The molecule has 1 aliphatic rings. The summed E-state index contributed by atoms with van der Waals surface area (Å²) in [4.78, 5) is 11.5. The topological polar surface area (TPSA) is 102 Å². The third-order valence-corrected chi connectivity index (χ3v) is 6.86. The lowest BCUT2D eigenvalue weighted by Crippen LogP contribution is -2.15. The molecule has 9 heteroatoms. The number of nitrogens with zero attached hydrogens (tertiary/aromatic N) is 2. The van der Waals surface area contributed by atoms with E-state index in [1.807, 2.05) is 30.3 Å². The van der Waals surface area contributed by atoms with Crippen molar-refractivity contribution in [2.75, 3.05) is 17.1 Å². The van der Waals surface area contributed by atoms with Gasteiger partial charge in [0.1, 0.15) is 16.3 Å². The van der Waals surface area contributed by atoms with Crippen molar-refractivity contribution in [2.24, 2.45) is 0 Å². The van der Waals surface area contributed by atoms with E-state index in [4.69, 9.17) is 4.74 Å². The molecule has 0 radical (unpaired) electrons. The second-order valence-corrected chi connectivity index (χ2v) is 9.48. The van der Waals surface area contributed by atoms with Crippen molar-refractivity contribution in [2.45, 2.75) is 43.5 Å². The smallest absolute Gasteiger partial charge is 0.265 e. The maximum absolute atomic E-state index is 13.5. The van der Waals surface area contributed by atoms with Gasteiger partial charge in [-0.15, -0.1) is 0 Å². The maximum Gasteiger partial charge on any atom is 0.265 e. The normalized spacial score (nSPS) is 14.3. The SMILES string of the molecule is COc1ccc(NC(C)=O)cc1NS(=O)(=O)c1cn(C2CCCC2)nc1-c1ccccc1. The predicted molar refractivity (Wildman–Crippen MR) is 123 cm³/mol. The Labute approximate surface area is 187 Å². The van der Waals surface area contributed by atoms with Gasteiger partial charge in [0.25, 0.3) is 10.0 Å². The fourth-order valence-corrected chi connectivity index (χ4v) is 5.21. The fraction of sp³-hybridized carbons (Fsp3) is 0.304. The Balaban J connectivity index is 1.76. The van der Waals surface area contributed by atoms with Crippen molar-refractivity contribution in [3.8, 4) is 17.0 Å². The molecule has 1 aromatic heterocycles. The number of anilines is 2. The highest BCUT2D eigenvalue weighted by Gasteiger charge is 2.28.